The molecule has 0 saturated heterocycles. The van der Waals surface area contributed by atoms with Gasteiger partial charge in [-0.05, 0) is 48.6 Å². The molecule has 7 nitrogen and oxygen atoms in total. The molecule has 3 N–H and O–H groups in total. The van der Waals surface area contributed by atoms with Crippen LogP contribution in [0.25, 0.3) is 0 Å². The van der Waals surface area contributed by atoms with Gasteiger partial charge in [-0.15, -0.1) is 11.3 Å². The molecule has 144 valence electrons. The Morgan fingerprint density at radius 2 is 1.74 bits per heavy atom. The van der Waals surface area contributed by atoms with E-state index in [4.69, 9.17) is 4.74 Å². The van der Waals surface area contributed by atoms with Crippen LogP contribution in [0.3, 0.4) is 0 Å². The maximum Gasteiger partial charge on any atom is 0.269 e. The summed E-state index contributed by atoms with van der Waals surface area (Å²) in [7, 11) is 0. The number of rotatable bonds is 7. The van der Waals surface area contributed by atoms with E-state index in [-0.39, 0.29) is 11.8 Å². The predicted octanol–water partition coefficient (Wildman–Crippen LogP) is 2.36. The number of hydrogen-bond donors (Lipinski definition) is 3. The molecule has 0 bridgehead atoms. The first-order valence-electron chi connectivity index (χ1n) is 8.59. The molecular weight excluding hydrogens is 366 g/mol. The Balaban J connectivity index is 1.92. The molecule has 0 radical (unpaired) electrons. The highest BCUT2D eigenvalue weighted by Crippen LogP contribution is 2.12. The molecule has 0 spiro atoms. The minimum Gasteiger partial charge on any atom is -0.494 e. The van der Waals surface area contributed by atoms with Crippen LogP contribution < -0.4 is 20.9 Å². The minimum atomic E-state index is -0.778. The lowest BCUT2D eigenvalue weighted by Gasteiger charge is -2.21. The molecule has 1 aromatic heterocycles. The van der Waals surface area contributed by atoms with Gasteiger partial charge >= 0.3 is 0 Å². The van der Waals surface area contributed by atoms with Gasteiger partial charge in [0.25, 0.3) is 17.7 Å². The second-order valence-corrected chi connectivity index (χ2v) is 7.02. The molecule has 2 aromatic rings. The van der Waals surface area contributed by atoms with Crippen LogP contribution in [0.15, 0.2) is 41.8 Å². The first-order chi connectivity index (χ1) is 12.9. The predicted molar refractivity (Wildman–Crippen MR) is 104 cm³/mol. The van der Waals surface area contributed by atoms with Crippen molar-refractivity contribution in [1.82, 2.24) is 16.2 Å². The number of thiophene rings is 1. The average Bonchev–Trinajstić information content (AvgIpc) is 3.19. The molecule has 0 aliphatic rings. The lowest BCUT2D eigenvalue weighted by atomic mass is 10.0. The van der Waals surface area contributed by atoms with E-state index in [1.54, 1.807) is 41.8 Å². The van der Waals surface area contributed by atoms with Crippen LogP contribution in [0.1, 0.15) is 40.8 Å². The lowest BCUT2D eigenvalue weighted by Crippen LogP contribution is -2.54. The number of nitrogens with one attached hydrogen (secondary N) is 3. The van der Waals surface area contributed by atoms with Crippen molar-refractivity contribution in [2.75, 3.05) is 6.61 Å². The quantitative estimate of drug-likeness (QED) is 0.634. The zero-order valence-corrected chi connectivity index (χ0v) is 16.3. The van der Waals surface area contributed by atoms with E-state index in [9.17, 15) is 14.4 Å². The standard InChI is InChI=1S/C19H23N3O4S/c1-4-26-14-9-7-13(8-10-14)17(23)21-22-19(25)16(12(2)3)20-18(24)15-6-5-11-27-15/h5-12,16H,4H2,1-3H3,(H,20,24)(H,21,23)(H,22,25). The van der Waals surface area contributed by atoms with E-state index in [0.717, 1.165) is 0 Å². The summed E-state index contributed by atoms with van der Waals surface area (Å²) in [6, 6.07) is 9.23. The second-order valence-electron chi connectivity index (χ2n) is 6.07. The van der Waals surface area contributed by atoms with Crippen LogP contribution in [0.2, 0.25) is 0 Å². The number of hydrazine groups is 1. The Bertz CT molecular complexity index is 773. The average molecular weight is 389 g/mol. The highest BCUT2D eigenvalue weighted by Gasteiger charge is 2.25. The van der Waals surface area contributed by atoms with Crippen molar-refractivity contribution in [1.29, 1.82) is 0 Å². The van der Waals surface area contributed by atoms with Crippen molar-refractivity contribution >= 4 is 29.1 Å². The number of carbonyl (C=O) groups excluding carboxylic acids is 3. The summed E-state index contributed by atoms with van der Waals surface area (Å²) in [5, 5.41) is 4.48. The van der Waals surface area contributed by atoms with Gasteiger partial charge < -0.3 is 10.1 Å². The Morgan fingerprint density at radius 1 is 1.04 bits per heavy atom. The van der Waals surface area contributed by atoms with Crippen LogP contribution in [-0.4, -0.2) is 30.4 Å². The van der Waals surface area contributed by atoms with Crippen molar-refractivity contribution < 1.29 is 19.1 Å². The third-order valence-corrected chi connectivity index (χ3v) is 4.58. The molecule has 1 aromatic carbocycles. The van der Waals surface area contributed by atoms with Crippen LogP contribution in [-0.2, 0) is 4.79 Å². The molecule has 0 aliphatic heterocycles. The summed E-state index contributed by atoms with van der Waals surface area (Å²) in [6.07, 6.45) is 0. The third-order valence-electron chi connectivity index (χ3n) is 3.71. The smallest absolute Gasteiger partial charge is 0.269 e. The van der Waals surface area contributed by atoms with E-state index >= 15 is 0 Å². The monoisotopic (exact) mass is 389 g/mol. The van der Waals surface area contributed by atoms with Gasteiger partial charge in [-0.3, -0.25) is 25.2 Å². The van der Waals surface area contributed by atoms with Gasteiger partial charge in [0.2, 0.25) is 0 Å². The normalized spacial score (nSPS) is 11.6. The van der Waals surface area contributed by atoms with Crippen molar-refractivity contribution in [2.45, 2.75) is 26.8 Å². The fraction of sp³-hybridized carbons (Fsp3) is 0.316. The number of benzene rings is 1. The fourth-order valence-electron chi connectivity index (χ4n) is 2.29. The molecule has 3 amide bonds. The molecule has 1 atom stereocenters. The number of carbonyl (C=O) groups is 3. The molecule has 27 heavy (non-hydrogen) atoms. The molecule has 1 heterocycles. The van der Waals surface area contributed by atoms with E-state index in [0.29, 0.717) is 22.8 Å². The Hall–Kier alpha value is -2.87. The highest BCUT2D eigenvalue weighted by molar-refractivity contribution is 7.12. The van der Waals surface area contributed by atoms with E-state index in [1.165, 1.54) is 11.3 Å². The molecule has 0 aliphatic carbocycles. The summed E-state index contributed by atoms with van der Waals surface area (Å²) in [5.74, 6) is -0.769. The first kappa shape index (κ1) is 20.4. The number of hydrogen-bond acceptors (Lipinski definition) is 5. The summed E-state index contributed by atoms with van der Waals surface area (Å²) in [6.45, 7) is 6.04. The Labute approximate surface area is 162 Å². The molecule has 2 rings (SSSR count). The van der Waals surface area contributed by atoms with Crippen molar-refractivity contribution in [3.8, 4) is 5.75 Å². The Morgan fingerprint density at radius 3 is 2.30 bits per heavy atom. The lowest BCUT2D eigenvalue weighted by molar-refractivity contribution is -0.124. The van der Waals surface area contributed by atoms with Gasteiger partial charge in [0, 0.05) is 5.56 Å². The topological polar surface area (TPSA) is 96.5 Å². The first-order valence-corrected chi connectivity index (χ1v) is 9.47. The molecule has 0 saturated carbocycles. The zero-order chi connectivity index (χ0) is 19.8. The highest BCUT2D eigenvalue weighted by atomic mass is 32.1. The number of amides is 3. The fourth-order valence-corrected chi connectivity index (χ4v) is 2.92. The summed E-state index contributed by atoms with van der Waals surface area (Å²) >= 11 is 1.29. The molecule has 1 unspecified atom stereocenters. The minimum absolute atomic E-state index is 0.156. The Kier molecular flexibility index (Phi) is 7.36. The van der Waals surface area contributed by atoms with Crippen LogP contribution in [0, 0.1) is 5.92 Å². The van der Waals surface area contributed by atoms with Gasteiger partial charge in [-0.2, -0.15) is 0 Å². The molecule has 8 heteroatoms. The maximum absolute atomic E-state index is 12.4. The molecular formula is C19H23N3O4S. The third kappa shape index (κ3) is 5.82. The van der Waals surface area contributed by atoms with Crippen molar-refractivity contribution in [2.24, 2.45) is 5.92 Å². The largest absolute Gasteiger partial charge is 0.494 e. The number of ether oxygens (including phenoxy) is 1. The second kappa shape index (κ2) is 9.72. The summed E-state index contributed by atoms with van der Waals surface area (Å²) in [5.41, 5.74) is 5.11. The van der Waals surface area contributed by atoms with Gasteiger partial charge in [-0.25, -0.2) is 0 Å². The van der Waals surface area contributed by atoms with E-state index < -0.39 is 17.9 Å². The zero-order valence-electron chi connectivity index (χ0n) is 15.4. The van der Waals surface area contributed by atoms with Crippen molar-refractivity contribution in [3.63, 3.8) is 0 Å². The molecule has 0 fully saturated rings. The summed E-state index contributed by atoms with van der Waals surface area (Å²) in [4.78, 5) is 37.3. The summed E-state index contributed by atoms with van der Waals surface area (Å²) < 4.78 is 5.32. The van der Waals surface area contributed by atoms with Crippen LogP contribution in [0.4, 0.5) is 0 Å². The van der Waals surface area contributed by atoms with Gasteiger partial charge in [0.15, 0.2) is 0 Å². The van der Waals surface area contributed by atoms with Gasteiger partial charge in [0.05, 0.1) is 11.5 Å². The van der Waals surface area contributed by atoms with Crippen molar-refractivity contribution in [3.05, 3.63) is 52.2 Å². The van der Waals surface area contributed by atoms with E-state index in [1.807, 2.05) is 20.8 Å². The van der Waals surface area contributed by atoms with E-state index in [2.05, 4.69) is 16.2 Å². The SMILES string of the molecule is CCOc1ccc(C(=O)NNC(=O)C(NC(=O)c2cccs2)C(C)C)cc1. The van der Waals surface area contributed by atoms with Crippen LogP contribution in [0.5, 0.6) is 5.75 Å². The van der Waals surface area contributed by atoms with Gasteiger partial charge in [-0.1, -0.05) is 19.9 Å². The van der Waals surface area contributed by atoms with Crippen LogP contribution >= 0.6 is 11.3 Å². The van der Waals surface area contributed by atoms with Gasteiger partial charge in [0.1, 0.15) is 11.8 Å². The maximum atomic E-state index is 12.4.